The number of piperidine rings is 1. The highest BCUT2D eigenvalue weighted by Crippen LogP contribution is 2.43. The summed E-state index contributed by atoms with van der Waals surface area (Å²) in [4.78, 5) is 39.3. The zero-order valence-electron chi connectivity index (χ0n) is 19.8. The van der Waals surface area contributed by atoms with Gasteiger partial charge in [0.15, 0.2) is 0 Å². The van der Waals surface area contributed by atoms with Crippen molar-refractivity contribution >= 4 is 23.2 Å². The summed E-state index contributed by atoms with van der Waals surface area (Å²) < 4.78 is 6.93. The third-order valence-corrected chi connectivity index (χ3v) is 7.44. The number of amides is 1. The average Bonchev–Trinajstić information content (AvgIpc) is 3.49. The van der Waals surface area contributed by atoms with Gasteiger partial charge in [-0.1, -0.05) is 0 Å². The van der Waals surface area contributed by atoms with Crippen LogP contribution in [0.15, 0.2) is 24.5 Å². The smallest absolute Gasteiger partial charge is 0.310 e. The molecule has 2 aliphatic rings. The normalized spacial score (nSPS) is 18.2. The maximum Gasteiger partial charge on any atom is 0.310 e. The summed E-state index contributed by atoms with van der Waals surface area (Å²) in [6.45, 7) is 7.36. The molecule has 1 atom stereocenters. The van der Waals surface area contributed by atoms with E-state index in [4.69, 9.17) is 9.72 Å². The van der Waals surface area contributed by atoms with Crippen molar-refractivity contribution in [1.29, 1.82) is 0 Å². The van der Waals surface area contributed by atoms with Crippen LogP contribution in [0.25, 0.3) is 17.2 Å². The van der Waals surface area contributed by atoms with Crippen LogP contribution in [-0.2, 0) is 9.53 Å². The molecule has 1 saturated heterocycles. The van der Waals surface area contributed by atoms with Gasteiger partial charge in [0.25, 0.3) is 11.9 Å². The summed E-state index contributed by atoms with van der Waals surface area (Å²) in [5, 5.41) is 4.56. The van der Waals surface area contributed by atoms with E-state index in [0.29, 0.717) is 31.2 Å². The van der Waals surface area contributed by atoms with E-state index in [2.05, 4.69) is 30.0 Å². The number of hydrogen-bond acceptors (Lipinski definition) is 7. The first-order valence-corrected chi connectivity index (χ1v) is 12.7. The van der Waals surface area contributed by atoms with Crippen molar-refractivity contribution in [1.82, 2.24) is 24.6 Å². The Hall–Kier alpha value is -3.07. The summed E-state index contributed by atoms with van der Waals surface area (Å²) in [6.07, 6.45) is 6.95. The first kappa shape index (κ1) is 22.7. The van der Waals surface area contributed by atoms with E-state index in [-0.39, 0.29) is 23.7 Å². The van der Waals surface area contributed by atoms with Gasteiger partial charge in [-0.25, -0.2) is 14.6 Å². The molecule has 1 aliphatic heterocycles. The molecule has 3 aromatic heterocycles. The van der Waals surface area contributed by atoms with Crippen LogP contribution in [0.3, 0.4) is 0 Å². The molecule has 1 saturated carbocycles. The van der Waals surface area contributed by atoms with Crippen LogP contribution in [0.1, 0.15) is 64.3 Å². The predicted molar refractivity (Wildman–Crippen MR) is 129 cm³/mol. The summed E-state index contributed by atoms with van der Waals surface area (Å²) in [6, 6.07) is 4.05. The van der Waals surface area contributed by atoms with Gasteiger partial charge in [0.2, 0.25) is 0 Å². The van der Waals surface area contributed by atoms with E-state index in [1.54, 1.807) is 40.2 Å². The average molecular weight is 480 g/mol. The largest absolute Gasteiger partial charge is 0.466 e. The van der Waals surface area contributed by atoms with Crippen molar-refractivity contribution in [2.45, 2.75) is 52.4 Å². The van der Waals surface area contributed by atoms with Crippen molar-refractivity contribution in [2.75, 3.05) is 19.7 Å². The number of ether oxygens (including phenoxy) is 1. The lowest BCUT2D eigenvalue weighted by molar-refractivity contribution is -0.149. The van der Waals surface area contributed by atoms with Gasteiger partial charge in [0.1, 0.15) is 0 Å². The quantitative estimate of drug-likeness (QED) is 0.490. The van der Waals surface area contributed by atoms with Gasteiger partial charge in [-0.15, -0.1) is 11.3 Å². The van der Waals surface area contributed by atoms with E-state index >= 15 is 0 Å². The maximum absolute atomic E-state index is 13.5. The molecule has 1 unspecified atom stereocenters. The first-order chi connectivity index (χ1) is 16.5. The number of likely N-dealkylation sites (tertiary alicyclic amines) is 1. The molecular weight excluding hydrogens is 450 g/mol. The Labute approximate surface area is 203 Å². The summed E-state index contributed by atoms with van der Waals surface area (Å²) >= 11 is 1.75. The van der Waals surface area contributed by atoms with Gasteiger partial charge in [0, 0.05) is 40.5 Å². The Kier molecular flexibility index (Phi) is 6.20. The topological polar surface area (TPSA) is 90.2 Å². The lowest BCUT2D eigenvalue weighted by Gasteiger charge is -2.31. The zero-order valence-corrected chi connectivity index (χ0v) is 20.6. The highest BCUT2D eigenvalue weighted by Gasteiger charge is 2.37. The van der Waals surface area contributed by atoms with Crippen LogP contribution in [0, 0.1) is 19.8 Å². The van der Waals surface area contributed by atoms with Gasteiger partial charge in [-0.3, -0.25) is 9.59 Å². The van der Waals surface area contributed by atoms with Gasteiger partial charge >= 0.3 is 5.97 Å². The molecule has 3 aromatic rings. The molecule has 0 aromatic carbocycles. The second kappa shape index (κ2) is 9.29. The van der Waals surface area contributed by atoms with Gasteiger partial charge in [0.05, 0.1) is 35.7 Å². The van der Waals surface area contributed by atoms with Crippen LogP contribution < -0.4 is 0 Å². The van der Waals surface area contributed by atoms with Crippen LogP contribution in [0.5, 0.6) is 0 Å². The molecule has 34 heavy (non-hydrogen) atoms. The molecule has 2 fully saturated rings. The SMILES string of the molecule is CCOC(=O)C1CCCN(C(=O)c2cnn(-c3nccc(-c4cc(C)sc4C)n3)c2C2CC2)C1. The van der Waals surface area contributed by atoms with E-state index < -0.39 is 0 Å². The highest BCUT2D eigenvalue weighted by molar-refractivity contribution is 7.12. The molecule has 5 rings (SSSR count). The first-order valence-electron chi connectivity index (χ1n) is 11.9. The molecule has 0 spiro atoms. The second-order valence-corrected chi connectivity index (χ2v) is 10.5. The lowest BCUT2D eigenvalue weighted by atomic mass is 9.97. The standard InChI is InChI=1S/C25H29N5O3S/c1-4-33-24(32)18-6-5-11-29(14-18)23(31)20-13-27-30(22(20)17-7-8-17)25-26-10-9-21(28-25)19-12-15(2)34-16(19)3/h9-10,12-13,17-18H,4-8,11,14H2,1-3H3. The fourth-order valence-electron chi connectivity index (χ4n) is 4.70. The zero-order chi connectivity index (χ0) is 23.8. The number of rotatable bonds is 6. The van der Waals surface area contributed by atoms with Crippen molar-refractivity contribution in [3.8, 4) is 17.2 Å². The van der Waals surface area contributed by atoms with Crippen molar-refractivity contribution < 1.29 is 14.3 Å². The summed E-state index contributed by atoms with van der Waals surface area (Å²) in [7, 11) is 0. The third-order valence-electron chi connectivity index (χ3n) is 6.48. The van der Waals surface area contributed by atoms with Crippen molar-refractivity contribution in [2.24, 2.45) is 5.92 Å². The number of carbonyl (C=O) groups excluding carboxylic acids is 2. The molecule has 0 N–H and O–H groups in total. The van der Waals surface area contributed by atoms with Crippen LogP contribution in [-0.4, -0.2) is 56.2 Å². The third kappa shape index (κ3) is 4.36. The predicted octanol–water partition coefficient (Wildman–Crippen LogP) is 4.30. The molecule has 9 heteroatoms. The molecule has 4 heterocycles. The molecule has 8 nitrogen and oxygen atoms in total. The fraction of sp³-hybridized carbons (Fsp3) is 0.480. The van der Waals surface area contributed by atoms with Crippen LogP contribution in [0.4, 0.5) is 0 Å². The number of aryl methyl sites for hydroxylation is 2. The van der Waals surface area contributed by atoms with E-state index in [0.717, 1.165) is 42.6 Å². The summed E-state index contributed by atoms with van der Waals surface area (Å²) in [5.74, 6) is 0.175. The Balaban J connectivity index is 1.45. The molecule has 1 amide bonds. The Morgan fingerprint density at radius 1 is 1.24 bits per heavy atom. The minimum Gasteiger partial charge on any atom is -0.466 e. The Morgan fingerprint density at radius 2 is 2.06 bits per heavy atom. The van der Waals surface area contributed by atoms with E-state index in [9.17, 15) is 9.59 Å². The number of hydrogen-bond donors (Lipinski definition) is 0. The number of carbonyl (C=O) groups is 2. The highest BCUT2D eigenvalue weighted by atomic mass is 32.1. The van der Waals surface area contributed by atoms with Gasteiger partial charge < -0.3 is 9.64 Å². The van der Waals surface area contributed by atoms with Crippen LogP contribution >= 0.6 is 11.3 Å². The lowest BCUT2D eigenvalue weighted by Crippen LogP contribution is -2.43. The Morgan fingerprint density at radius 3 is 2.76 bits per heavy atom. The Bertz CT molecular complexity index is 1230. The van der Waals surface area contributed by atoms with Crippen molar-refractivity contribution in [3.05, 3.63) is 45.5 Å². The van der Waals surface area contributed by atoms with Gasteiger partial charge in [-0.2, -0.15) is 5.10 Å². The molecular formula is C25H29N5O3S. The number of thiophene rings is 1. The second-order valence-electron chi connectivity index (χ2n) is 9.04. The molecule has 1 aliphatic carbocycles. The monoisotopic (exact) mass is 479 g/mol. The summed E-state index contributed by atoms with van der Waals surface area (Å²) in [5.41, 5.74) is 3.41. The minimum absolute atomic E-state index is 0.0809. The molecule has 0 radical (unpaired) electrons. The van der Waals surface area contributed by atoms with Crippen molar-refractivity contribution in [3.63, 3.8) is 0 Å². The molecule has 178 valence electrons. The fourth-order valence-corrected chi connectivity index (χ4v) is 5.63. The maximum atomic E-state index is 13.5. The number of aromatic nitrogens is 4. The number of nitrogens with zero attached hydrogens (tertiary/aromatic N) is 5. The van der Waals surface area contributed by atoms with Gasteiger partial charge in [-0.05, 0) is 58.6 Å². The van der Waals surface area contributed by atoms with E-state index in [1.165, 1.54) is 9.75 Å². The van der Waals surface area contributed by atoms with E-state index in [1.807, 2.05) is 6.07 Å². The molecule has 0 bridgehead atoms. The minimum atomic E-state index is -0.269. The number of esters is 1. The van der Waals surface area contributed by atoms with Crippen LogP contribution in [0.2, 0.25) is 0 Å².